The second-order valence-corrected chi connectivity index (χ2v) is 7.26. The molecule has 1 aromatic carbocycles. The highest BCUT2D eigenvalue weighted by atomic mass is 79.9. The Bertz CT molecular complexity index is 646. The number of halogens is 1. The van der Waals surface area contributed by atoms with E-state index in [4.69, 9.17) is 17.0 Å². The van der Waals surface area contributed by atoms with Gasteiger partial charge in [0.15, 0.2) is 11.5 Å². The van der Waals surface area contributed by atoms with Gasteiger partial charge in [-0.25, -0.2) is 0 Å². The fourth-order valence-electron chi connectivity index (χ4n) is 1.98. The second kappa shape index (κ2) is 7.48. The lowest BCUT2D eigenvalue weighted by Gasteiger charge is -2.13. The monoisotopic (exact) mass is 401 g/mol. The van der Waals surface area contributed by atoms with E-state index in [1.807, 2.05) is 0 Å². The van der Waals surface area contributed by atoms with E-state index in [1.165, 1.54) is 18.9 Å². The maximum atomic E-state index is 12.4. The molecule has 1 heterocycles. The normalized spacial score (nSPS) is 16.7. The van der Waals surface area contributed by atoms with Crippen LogP contribution >= 0.6 is 39.9 Å². The van der Waals surface area contributed by atoms with Crippen molar-refractivity contribution in [3.8, 4) is 11.5 Å². The highest BCUT2D eigenvalue weighted by molar-refractivity contribution is 9.10. The van der Waals surface area contributed by atoms with Gasteiger partial charge in [0.2, 0.25) is 0 Å². The molecule has 0 unspecified atom stereocenters. The third kappa shape index (κ3) is 3.64. The number of rotatable bonds is 5. The average Bonchev–Trinajstić information content (AvgIpc) is 2.74. The highest BCUT2D eigenvalue weighted by Gasteiger charge is 2.31. The summed E-state index contributed by atoms with van der Waals surface area (Å²) in [5.41, 5.74) is 0.755. The summed E-state index contributed by atoms with van der Waals surface area (Å²) in [5.74, 6) is 0.334. The summed E-state index contributed by atoms with van der Waals surface area (Å²) in [6.07, 6.45) is 3.70. The summed E-state index contributed by atoms with van der Waals surface area (Å²) in [6.45, 7) is 2.73. The molecule has 1 fully saturated rings. The molecule has 22 heavy (non-hydrogen) atoms. The predicted molar refractivity (Wildman–Crippen MR) is 97.1 cm³/mol. The van der Waals surface area contributed by atoms with E-state index in [-0.39, 0.29) is 11.7 Å². The Hall–Kier alpha value is -1.05. The zero-order valence-electron chi connectivity index (χ0n) is 12.3. The first-order valence-electron chi connectivity index (χ1n) is 6.79. The number of hydrogen-bond donors (Lipinski definition) is 1. The Balaban J connectivity index is 2.30. The Morgan fingerprint density at radius 1 is 1.50 bits per heavy atom. The summed E-state index contributed by atoms with van der Waals surface area (Å²) >= 11 is 9.96. The van der Waals surface area contributed by atoms with Crippen LogP contribution in [0.4, 0.5) is 0 Å². The summed E-state index contributed by atoms with van der Waals surface area (Å²) in [6, 6.07) is 3.22. The molecule has 0 atom stereocenters. The lowest BCUT2D eigenvalue weighted by atomic mass is 10.2. The number of amides is 1. The van der Waals surface area contributed by atoms with Gasteiger partial charge in [0, 0.05) is 11.0 Å². The number of ether oxygens (including phenoxy) is 1. The Kier molecular flexibility index (Phi) is 5.88. The van der Waals surface area contributed by atoms with Gasteiger partial charge in [-0.2, -0.15) is 0 Å². The molecule has 1 aliphatic rings. The van der Waals surface area contributed by atoms with E-state index in [1.54, 1.807) is 23.1 Å². The molecule has 0 bridgehead atoms. The van der Waals surface area contributed by atoms with Gasteiger partial charge in [0.25, 0.3) is 5.91 Å². The molecule has 0 aromatic heterocycles. The molecule has 0 aliphatic carbocycles. The van der Waals surface area contributed by atoms with Gasteiger partial charge >= 0.3 is 0 Å². The standard InChI is InChI=1S/C15H16BrNO3S2/c1-3-4-5-17-14(19)13(22-15(17)21)7-9-6-12(20-2)11(18)8-10(9)16/h6-8,18H,3-5H2,1-2H3. The Labute approximate surface area is 147 Å². The SMILES string of the molecule is CCCCN1C(=O)C(=Cc2cc(OC)c(O)cc2Br)SC1=S. The van der Waals surface area contributed by atoms with Crippen molar-refractivity contribution in [3.63, 3.8) is 0 Å². The fourth-order valence-corrected chi connectivity index (χ4v) is 3.73. The molecule has 1 aliphatic heterocycles. The van der Waals surface area contributed by atoms with Gasteiger partial charge < -0.3 is 9.84 Å². The van der Waals surface area contributed by atoms with Gasteiger partial charge in [-0.3, -0.25) is 9.69 Å². The Morgan fingerprint density at radius 2 is 2.23 bits per heavy atom. The van der Waals surface area contributed by atoms with E-state index in [0.717, 1.165) is 18.4 Å². The molecule has 1 N–H and O–H groups in total. The second-order valence-electron chi connectivity index (χ2n) is 4.73. The minimum Gasteiger partial charge on any atom is -0.504 e. The summed E-state index contributed by atoms with van der Waals surface area (Å²) in [4.78, 5) is 14.6. The number of phenols is 1. The van der Waals surface area contributed by atoms with Crippen molar-refractivity contribution in [3.05, 3.63) is 27.1 Å². The van der Waals surface area contributed by atoms with Crippen molar-refractivity contribution in [2.75, 3.05) is 13.7 Å². The number of nitrogens with zero attached hydrogens (tertiary/aromatic N) is 1. The number of phenolic OH excluding ortho intramolecular Hbond substituents is 1. The van der Waals surface area contributed by atoms with E-state index in [2.05, 4.69) is 22.9 Å². The third-order valence-corrected chi connectivity index (χ3v) is 5.26. The molecule has 0 spiro atoms. The lowest BCUT2D eigenvalue weighted by molar-refractivity contribution is -0.122. The number of carbonyl (C=O) groups is 1. The molecule has 4 nitrogen and oxygen atoms in total. The maximum absolute atomic E-state index is 12.4. The van der Waals surface area contributed by atoms with Crippen LogP contribution < -0.4 is 4.74 Å². The number of carbonyl (C=O) groups excluding carboxylic acids is 1. The topological polar surface area (TPSA) is 49.8 Å². The van der Waals surface area contributed by atoms with Gasteiger partial charge in [0.05, 0.1) is 12.0 Å². The zero-order chi connectivity index (χ0) is 16.3. The van der Waals surface area contributed by atoms with Crippen molar-refractivity contribution in [2.45, 2.75) is 19.8 Å². The molecular formula is C15H16BrNO3S2. The van der Waals surface area contributed by atoms with E-state index in [9.17, 15) is 9.90 Å². The number of hydrogen-bond acceptors (Lipinski definition) is 5. The number of unbranched alkanes of at least 4 members (excludes halogenated alkanes) is 1. The van der Waals surface area contributed by atoms with Crippen LogP contribution in [0.5, 0.6) is 11.5 Å². The number of aromatic hydroxyl groups is 1. The average molecular weight is 402 g/mol. The minimum absolute atomic E-state index is 0.0435. The first-order chi connectivity index (χ1) is 10.5. The van der Waals surface area contributed by atoms with Crippen LogP contribution in [0.1, 0.15) is 25.3 Å². The van der Waals surface area contributed by atoms with Crippen LogP contribution in [0.25, 0.3) is 6.08 Å². The van der Waals surface area contributed by atoms with E-state index >= 15 is 0 Å². The van der Waals surface area contributed by atoms with Gasteiger partial charge in [0.1, 0.15) is 4.32 Å². The first kappa shape index (κ1) is 17.3. The quantitative estimate of drug-likeness (QED) is 0.592. The predicted octanol–water partition coefficient (Wildman–Crippen LogP) is 4.16. The fraction of sp³-hybridized carbons (Fsp3) is 0.333. The number of thiocarbonyl (C=S) groups is 1. The van der Waals surface area contributed by atoms with Crippen LogP contribution in [-0.4, -0.2) is 33.9 Å². The molecule has 118 valence electrons. The largest absolute Gasteiger partial charge is 0.504 e. The van der Waals surface area contributed by atoms with E-state index in [0.29, 0.717) is 26.0 Å². The number of methoxy groups -OCH3 is 1. The summed E-state index contributed by atoms with van der Waals surface area (Å²) in [5, 5.41) is 9.73. The maximum Gasteiger partial charge on any atom is 0.266 e. The lowest BCUT2D eigenvalue weighted by Crippen LogP contribution is -2.28. The van der Waals surface area contributed by atoms with E-state index < -0.39 is 0 Å². The van der Waals surface area contributed by atoms with Crippen molar-refractivity contribution in [2.24, 2.45) is 0 Å². The van der Waals surface area contributed by atoms with Gasteiger partial charge in [-0.05, 0) is 30.2 Å². The molecular weight excluding hydrogens is 386 g/mol. The van der Waals surface area contributed by atoms with Crippen molar-refractivity contribution in [1.82, 2.24) is 4.90 Å². The molecule has 2 rings (SSSR count). The summed E-state index contributed by atoms with van der Waals surface area (Å²) < 4.78 is 6.37. The molecule has 1 amide bonds. The first-order valence-corrected chi connectivity index (χ1v) is 8.81. The highest BCUT2D eigenvalue weighted by Crippen LogP contribution is 2.37. The van der Waals surface area contributed by atoms with Crippen molar-refractivity contribution >= 4 is 56.2 Å². The summed E-state index contributed by atoms with van der Waals surface area (Å²) in [7, 11) is 1.48. The van der Waals surface area contributed by atoms with Crippen LogP contribution in [0.3, 0.4) is 0 Å². The minimum atomic E-state index is -0.0672. The zero-order valence-corrected chi connectivity index (χ0v) is 15.5. The number of benzene rings is 1. The molecule has 1 aromatic rings. The van der Waals surface area contributed by atoms with Crippen LogP contribution in [-0.2, 0) is 4.79 Å². The molecule has 7 heteroatoms. The van der Waals surface area contributed by atoms with Gasteiger partial charge in [-0.15, -0.1) is 0 Å². The molecule has 0 saturated carbocycles. The van der Waals surface area contributed by atoms with Crippen LogP contribution in [0, 0.1) is 0 Å². The molecule has 1 saturated heterocycles. The number of thioether (sulfide) groups is 1. The third-order valence-electron chi connectivity index (χ3n) is 3.19. The smallest absolute Gasteiger partial charge is 0.266 e. The van der Waals surface area contributed by atoms with Gasteiger partial charge in [-0.1, -0.05) is 53.3 Å². The molecule has 0 radical (unpaired) electrons. The Morgan fingerprint density at radius 3 is 2.86 bits per heavy atom. The van der Waals surface area contributed by atoms with Crippen molar-refractivity contribution < 1.29 is 14.6 Å². The van der Waals surface area contributed by atoms with Crippen molar-refractivity contribution in [1.29, 1.82) is 0 Å². The van der Waals surface area contributed by atoms with Crippen LogP contribution in [0.15, 0.2) is 21.5 Å². The van der Waals surface area contributed by atoms with Crippen LogP contribution in [0.2, 0.25) is 0 Å².